The van der Waals surface area contributed by atoms with E-state index in [9.17, 15) is 0 Å². The van der Waals surface area contributed by atoms with Gasteiger partial charge in [0.05, 0.1) is 0 Å². The quantitative estimate of drug-likeness (QED) is 0.679. The average Bonchev–Trinajstić information content (AvgIpc) is 2.65. The summed E-state index contributed by atoms with van der Waals surface area (Å²) in [6, 6.07) is 32.7. The van der Waals surface area contributed by atoms with E-state index in [1.54, 1.807) is 0 Å². The van der Waals surface area contributed by atoms with Crippen molar-refractivity contribution in [1.82, 2.24) is 5.09 Å². The summed E-state index contributed by atoms with van der Waals surface area (Å²) < 4.78 is 0. The van der Waals surface area contributed by atoms with Gasteiger partial charge in [-0.2, -0.15) is 5.09 Å². The molecule has 23 heavy (non-hydrogen) atoms. The molecular weight excluding hydrogens is 297 g/mol. The molecule has 3 aromatic carbocycles. The smallest absolute Gasteiger partial charge is 0.178 e. The molecule has 0 bridgehead atoms. The lowest BCUT2D eigenvalue weighted by atomic mass is 10.4. The van der Waals surface area contributed by atoms with Crippen LogP contribution in [-0.2, 0) is 0 Å². The highest BCUT2D eigenvalue weighted by atomic mass is 31.2. The van der Waals surface area contributed by atoms with Crippen molar-refractivity contribution in [2.75, 3.05) is 6.54 Å². The minimum Gasteiger partial charge on any atom is -0.178 e. The van der Waals surface area contributed by atoms with Crippen molar-refractivity contribution < 1.29 is 0 Å². The Morgan fingerprint density at radius 1 is 0.609 bits per heavy atom. The van der Waals surface area contributed by atoms with E-state index >= 15 is 0 Å². The minimum absolute atomic E-state index is 1.01. The zero-order valence-electron chi connectivity index (χ0n) is 13.5. The summed E-state index contributed by atoms with van der Waals surface area (Å²) in [5.74, 6) is 0. The van der Waals surface area contributed by atoms with Crippen LogP contribution < -0.4 is 21.0 Å². The first-order valence-corrected chi connectivity index (χ1v) is 9.98. The Morgan fingerprint density at radius 2 is 0.957 bits per heavy atom. The molecule has 0 aromatic heterocycles. The Morgan fingerprint density at radius 3 is 1.26 bits per heavy atom. The van der Waals surface area contributed by atoms with Crippen LogP contribution in [0.5, 0.6) is 0 Å². The van der Waals surface area contributed by atoms with Crippen LogP contribution in [0.3, 0.4) is 0 Å². The molecule has 116 valence electrons. The van der Waals surface area contributed by atoms with E-state index in [0.717, 1.165) is 13.0 Å². The largest absolute Gasteiger partial charge is 0.178 e. The Hall–Kier alpha value is -1.95. The molecule has 0 spiro atoms. The molecular formula is C21H23NP+. The average molecular weight is 320 g/mol. The van der Waals surface area contributed by atoms with Crippen molar-refractivity contribution in [3.63, 3.8) is 0 Å². The van der Waals surface area contributed by atoms with Gasteiger partial charge in [0.1, 0.15) is 15.9 Å². The van der Waals surface area contributed by atoms with Crippen molar-refractivity contribution in [2.45, 2.75) is 13.3 Å². The molecule has 0 radical (unpaired) electrons. The number of rotatable bonds is 6. The molecule has 0 atom stereocenters. The fourth-order valence-corrected chi connectivity index (χ4v) is 6.81. The fourth-order valence-electron chi connectivity index (χ4n) is 2.96. The van der Waals surface area contributed by atoms with Gasteiger partial charge in [-0.3, -0.25) is 0 Å². The molecule has 3 aromatic rings. The lowest BCUT2D eigenvalue weighted by Gasteiger charge is -2.27. The predicted molar refractivity (Wildman–Crippen MR) is 103 cm³/mol. The van der Waals surface area contributed by atoms with Gasteiger partial charge in [0.25, 0.3) is 0 Å². The van der Waals surface area contributed by atoms with Crippen molar-refractivity contribution in [2.24, 2.45) is 0 Å². The Balaban J connectivity index is 2.25. The topological polar surface area (TPSA) is 12.0 Å². The zero-order chi connectivity index (χ0) is 16.0. The maximum Gasteiger partial charge on any atom is 0.178 e. The number of hydrogen-bond donors (Lipinski definition) is 1. The van der Waals surface area contributed by atoms with Crippen LogP contribution in [0.1, 0.15) is 13.3 Å². The second-order valence-corrected chi connectivity index (χ2v) is 8.79. The molecule has 2 heteroatoms. The third kappa shape index (κ3) is 3.22. The van der Waals surface area contributed by atoms with E-state index in [-0.39, 0.29) is 0 Å². The van der Waals surface area contributed by atoms with Gasteiger partial charge in [-0.1, -0.05) is 61.5 Å². The van der Waals surface area contributed by atoms with Crippen molar-refractivity contribution in [3.05, 3.63) is 91.0 Å². The van der Waals surface area contributed by atoms with Gasteiger partial charge in [0.2, 0.25) is 0 Å². The monoisotopic (exact) mass is 320 g/mol. The summed E-state index contributed by atoms with van der Waals surface area (Å²) in [5.41, 5.74) is 0. The molecule has 0 saturated carbocycles. The summed E-state index contributed by atoms with van der Waals surface area (Å²) in [6.07, 6.45) is 1.12. The third-order valence-corrected chi connectivity index (χ3v) is 7.95. The molecule has 0 unspecified atom stereocenters. The highest BCUT2D eigenvalue weighted by molar-refractivity contribution is 7.94. The van der Waals surface area contributed by atoms with Gasteiger partial charge in [0.15, 0.2) is 7.41 Å². The second-order valence-electron chi connectivity index (χ2n) is 5.59. The van der Waals surface area contributed by atoms with Gasteiger partial charge >= 0.3 is 0 Å². The molecule has 0 aliphatic carbocycles. The van der Waals surface area contributed by atoms with Crippen LogP contribution in [0.2, 0.25) is 0 Å². The van der Waals surface area contributed by atoms with Crippen LogP contribution in [0.4, 0.5) is 0 Å². The summed E-state index contributed by atoms with van der Waals surface area (Å²) in [5, 5.41) is 8.08. The molecule has 0 aliphatic heterocycles. The van der Waals surface area contributed by atoms with Crippen LogP contribution in [0.15, 0.2) is 91.0 Å². The fraction of sp³-hybridized carbons (Fsp3) is 0.143. The first-order chi connectivity index (χ1) is 11.4. The van der Waals surface area contributed by atoms with Crippen molar-refractivity contribution >= 4 is 23.3 Å². The van der Waals surface area contributed by atoms with Crippen LogP contribution in [0, 0.1) is 0 Å². The van der Waals surface area contributed by atoms with Gasteiger partial charge in [-0.05, 0) is 42.8 Å². The van der Waals surface area contributed by atoms with Crippen molar-refractivity contribution in [1.29, 1.82) is 0 Å². The Labute approximate surface area is 139 Å². The highest BCUT2D eigenvalue weighted by Gasteiger charge is 2.45. The van der Waals surface area contributed by atoms with Gasteiger partial charge in [0, 0.05) is 6.54 Å². The molecule has 0 heterocycles. The predicted octanol–water partition coefficient (Wildman–Crippen LogP) is 3.90. The SMILES string of the molecule is CCCN[P+](c1ccccc1)(c1ccccc1)c1ccccc1. The molecule has 0 amide bonds. The van der Waals surface area contributed by atoms with E-state index in [0.29, 0.717) is 0 Å². The molecule has 0 saturated heterocycles. The lowest BCUT2D eigenvalue weighted by Crippen LogP contribution is -2.40. The summed E-state index contributed by atoms with van der Waals surface area (Å²) in [6.45, 7) is 3.23. The molecule has 0 fully saturated rings. The standard InChI is InChI=1S/C21H23NP/c1-2-18-22-23(19-12-6-3-7-13-19,20-14-8-4-9-15-20)21-16-10-5-11-17-21/h3-17,22H,2,18H2,1H3/q+1. The van der Waals surface area contributed by atoms with E-state index in [1.165, 1.54) is 15.9 Å². The van der Waals surface area contributed by atoms with E-state index in [4.69, 9.17) is 0 Å². The van der Waals surface area contributed by atoms with Gasteiger partial charge in [-0.25, -0.2) is 0 Å². The molecule has 1 nitrogen and oxygen atoms in total. The summed E-state index contributed by atoms with van der Waals surface area (Å²) in [7, 11) is -1.82. The Kier molecular flexibility index (Phi) is 5.23. The van der Waals surface area contributed by atoms with Crippen LogP contribution in [0.25, 0.3) is 0 Å². The maximum atomic E-state index is 3.94. The number of nitrogens with one attached hydrogen (secondary N) is 1. The Bertz CT molecular complexity index is 614. The van der Waals surface area contributed by atoms with Gasteiger partial charge < -0.3 is 0 Å². The number of hydrogen-bond acceptors (Lipinski definition) is 1. The maximum absolute atomic E-state index is 3.94. The molecule has 0 aliphatic rings. The first-order valence-electron chi connectivity index (χ1n) is 8.19. The lowest BCUT2D eigenvalue weighted by molar-refractivity contribution is 0.868. The van der Waals surface area contributed by atoms with E-state index < -0.39 is 7.41 Å². The number of benzene rings is 3. The second kappa shape index (κ2) is 7.55. The van der Waals surface area contributed by atoms with E-state index in [2.05, 4.69) is 103 Å². The first kappa shape index (κ1) is 15.9. The normalized spacial score (nSPS) is 11.3. The summed E-state index contributed by atoms with van der Waals surface area (Å²) >= 11 is 0. The van der Waals surface area contributed by atoms with Crippen LogP contribution in [-0.4, -0.2) is 6.54 Å². The van der Waals surface area contributed by atoms with Crippen LogP contribution >= 0.6 is 7.41 Å². The van der Waals surface area contributed by atoms with Crippen molar-refractivity contribution in [3.8, 4) is 0 Å². The van der Waals surface area contributed by atoms with Gasteiger partial charge in [-0.15, -0.1) is 0 Å². The zero-order valence-corrected chi connectivity index (χ0v) is 14.4. The molecule has 1 N–H and O–H groups in total. The minimum atomic E-state index is -1.82. The molecule has 3 rings (SSSR count). The third-order valence-electron chi connectivity index (χ3n) is 4.03. The van der Waals surface area contributed by atoms with E-state index in [1.807, 2.05) is 0 Å². The highest BCUT2D eigenvalue weighted by Crippen LogP contribution is 2.50. The summed E-state index contributed by atoms with van der Waals surface area (Å²) in [4.78, 5) is 0.